The average molecular weight is 305 g/mol. The number of likely N-dealkylation sites (tertiary alicyclic amines) is 1. The molecule has 1 aliphatic rings. The Balaban J connectivity index is 1.57. The summed E-state index contributed by atoms with van der Waals surface area (Å²) in [4.78, 5) is 4.89. The van der Waals surface area contributed by atoms with Crippen LogP contribution in [-0.4, -0.2) is 69.3 Å². The predicted octanol–water partition coefficient (Wildman–Crippen LogP) is 1.82. The van der Waals surface area contributed by atoms with Gasteiger partial charge in [0, 0.05) is 39.3 Å². The van der Waals surface area contributed by atoms with Gasteiger partial charge in [-0.05, 0) is 38.5 Å². The highest BCUT2D eigenvalue weighted by Crippen LogP contribution is 2.13. The zero-order valence-electron chi connectivity index (χ0n) is 14.1. The molecule has 1 aliphatic heterocycles. The number of methoxy groups -OCH3 is 1. The topological polar surface area (TPSA) is 27.7 Å². The molecule has 0 bridgehead atoms. The third-order valence-electron chi connectivity index (χ3n) is 4.44. The fourth-order valence-corrected chi connectivity index (χ4v) is 2.96. The van der Waals surface area contributed by atoms with Gasteiger partial charge in [0.1, 0.15) is 0 Å². The minimum atomic E-state index is 0.683. The molecule has 1 saturated heterocycles. The summed E-state index contributed by atoms with van der Waals surface area (Å²) in [5.41, 5.74) is 1.42. The van der Waals surface area contributed by atoms with Crippen LogP contribution in [0.2, 0.25) is 0 Å². The second-order valence-corrected chi connectivity index (χ2v) is 6.29. The van der Waals surface area contributed by atoms with Crippen molar-refractivity contribution in [1.29, 1.82) is 0 Å². The summed E-state index contributed by atoms with van der Waals surface area (Å²) < 4.78 is 5.10. The second-order valence-electron chi connectivity index (χ2n) is 6.29. The van der Waals surface area contributed by atoms with Crippen LogP contribution in [0.5, 0.6) is 0 Å². The first-order valence-electron chi connectivity index (χ1n) is 8.45. The summed E-state index contributed by atoms with van der Waals surface area (Å²) >= 11 is 0. The number of likely N-dealkylation sites (N-methyl/N-ethyl adjacent to an activating group) is 1. The summed E-state index contributed by atoms with van der Waals surface area (Å²) in [6.45, 7) is 7.48. The number of nitrogens with zero attached hydrogens (tertiary/aromatic N) is 2. The van der Waals surface area contributed by atoms with E-state index in [0.717, 1.165) is 32.8 Å². The van der Waals surface area contributed by atoms with Gasteiger partial charge in [-0.15, -0.1) is 0 Å². The van der Waals surface area contributed by atoms with Crippen molar-refractivity contribution in [3.8, 4) is 0 Å². The van der Waals surface area contributed by atoms with Gasteiger partial charge in [0.15, 0.2) is 0 Å². The Hall–Kier alpha value is -0.940. The van der Waals surface area contributed by atoms with Crippen molar-refractivity contribution in [2.75, 3.05) is 53.5 Å². The largest absolute Gasteiger partial charge is 0.383 e. The normalized spacial score (nSPS) is 17.2. The highest BCUT2D eigenvalue weighted by Gasteiger charge is 2.18. The summed E-state index contributed by atoms with van der Waals surface area (Å²) in [5, 5.41) is 3.70. The smallest absolute Gasteiger partial charge is 0.0589 e. The van der Waals surface area contributed by atoms with E-state index in [-0.39, 0.29) is 0 Å². The van der Waals surface area contributed by atoms with E-state index in [4.69, 9.17) is 4.74 Å². The van der Waals surface area contributed by atoms with E-state index in [2.05, 4.69) is 52.5 Å². The van der Waals surface area contributed by atoms with Crippen molar-refractivity contribution < 1.29 is 4.74 Å². The Bertz CT molecular complexity index is 391. The van der Waals surface area contributed by atoms with Crippen molar-refractivity contribution in [2.24, 2.45) is 0 Å². The van der Waals surface area contributed by atoms with Crippen molar-refractivity contribution in [2.45, 2.75) is 25.4 Å². The third kappa shape index (κ3) is 6.44. The monoisotopic (exact) mass is 305 g/mol. The molecule has 2 rings (SSSR count). The standard InChI is InChI=1S/C18H31N3O/c1-20(14-15-22-2)13-10-19-18-8-11-21(12-9-18)16-17-6-4-3-5-7-17/h3-7,18-19H,8-16H2,1-2H3. The fourth-order valence-electron chi connectivity index (χ4n) is 2.96. The number of ether oxygens (including phenoxy) is 1. The van der Waals surface area contributed by atoms with Gasteiger partial charge in [0.05, 0.1) is 6.61 Å². The number of hydrogen-bond donors (Lipinski definition) is 1. The van der Waals surface area contributed by atoms with Gasteiger partial charge >= 0.3 is 0 Å². The van der Waals surface area contributed by atoms with E-state index in [9.17, 15) is 0 Å². The Morgan fingerprint density at radius 3 is 2.59 bits per heavy atom. The quantitative estimate of drug-likeness (QED) is 0.753. The van der Waals surface area contributed by atoms with Gasteiger partial charge < -0.3 is 15.0 Å². The van der Waals surface area contributed by atoms with Crippen LogP contribution in [0.15, 0.2) is 30.3 Å². The van der Waals surface area contributed by atoms with Crippen LogP contribution in [0.25, 0.3) is 0 Å². The summed E-state index contributed by atoms with van der Waals surface area (Å²) in [5.74, 6) is 0. The lowest BCUT2D eigenvalue weighted by Crippen LogP contribution is -2.44. The van der Waals surface area contributed by atoms with E-state index in [1.807, 2.05) is 0 Å². The van der Waals surface area contributed by atoms with E-state index in [1.165, 1.54) is 31.5 Å². The Kier molecular flexibility index (Phi) is 7.88. The second kappa shape index (κ2) is 9.95. The molecule has 1 fully saturated rings. The molecular formula is C18H31N3O. The first kappa shape index (κ1) is 17.4. The van der Waals surface area contributed by atoms with Crippen LogP contribution in [0.1, 0.15) is 18.4 Å². The highest BCUT2D eigenvalue weighted by atomic mass is 16.5. The maximum atomic E-state index is 5.10. The minimum Gasteiger partial charge on any atom is -0.383 e. The van der Waals surface area contributed by atoms with Gasteiger partial charge in [-0.3, -0.25) is 4.90 Å². The first-order chi connectivity index (χ1) is 10.8. The van der Waals surface area contributed by atoms with Crippen molar-refractivity contribution in [3.05, 3.63) is 35.9 Å². The number of benzene rings is 1. The molecule has 4 heteroatoms. The zero-order chi connectivity index (χ0) is 15.6. The lowest BCUT2D eigenvalue weighted by Gasteiger charge is -2.32. The van der Waals surface area contributed by atoms with Gasteiger partial charge in [0.2, 0.25) is 0 Å². The maximum absolute atomic E-state index is 5.10. The van der Waals surface area contributed by atoms with E-state index < -0.39 is 0 Å². The Morgan fingerprint density at radius 2 is 1.91 bits per heavy atom. The molecule has 0 atom stereocenters. The zero-order valence-corrected chi connectivity index (χ0v) is 14.1. The lowest BCUT2D eigenvalue weighted by molar-refractivity contribution is 0.157. The molecule has 0 amide bonds. The Morgan fingerprint density at radius 1 is 1.18 bits per heavy atom. The van der Waals surface area contributed by atoms with Crippen LogP contribution in [0.4, 0.5) is 0 Å². The molecule has 0 unspecified atom stereocenters. The van der Waals surface area contributed by atoms with Crippen molar-refractivity contribution in [1.82, 2.24) is 15.1 Å². The van der Waals surface area contributed by atoms with Gasteiger partial charge in [0.25, 0.3) is 0 Å². The maximum Gasteiger partial charge on any atom is 0.0589 e. The fraction of sp³-hybridized carbons (Fsp3) is 0.667. The lowest BCUT2D eigenvalue weighted by atomic mass is 10.0. The molecule has 1 heterocycles. The van der Waals surface area contributed by atoms with Crippen LogP contribution in [0, 0.1) is 0 Å². The van der Waals surface area contributed by atoms with E-state index in [1.54, 1.807) is 7.11 Å². The summed E-state index contributed by atoms with van der Waals surface area (Å²) in [6, 6.07) is 11.5. The van der Waals surface area contributed by atoms with Crippen LogP contribution < -0.4 is 5.32 Å². The van der Waals surface area contributed by atoms with Gasteiger partial charge in [-0.25, -0.2) is 0 Å². The molecular weight excluding hydrogens is 274 g/mol. The molecule has 4 nitrogen and oxygen atoms in total. The molecule has 0 saturated carbocycles. The van der Waals surface area contributed by atoms with Gasteiger partial charge in [-0.1, -0.05) is 30.3 Å². The third-order valence-corrected chi connectivity index (χ3v) is 4.44. The van der Waals surface area contributed by atoms with Crippen molar-refractivity contribution in [3.63, 3.8) is 0 Å². The van der Waals surface area contributed by atoms with Gasteiger partial charge in [-0.2, -0.15) is 0 Å². The predicted molar refractivity (Wildman–Crippen MR) is 92.1 cm³/mol. The summed E-state index contributed by atoms with van der Waals surface area (Å²) in [6.07, 6.45) is 2.52. The number of piperidine rings is 1. The molecule has 1 N–H and O–H groups in total. The number of nitrogens with one attached hydrogen (secondary N) is 1. The van der Waals surface area contributed by atoms with Crippen LogP contribution >= 0.6 is 0 Å². The molecule has 0 aliphatic carbocycles. The van der Waals surface area contributed by atoms with E-state index in [0.29, 0.717) is 6.04 Å². The molecule has 0 radical (unpaired) electrons. The van der Waals surface area contributed by atoms with Crippen LogP contribution in [-0.2, 0) is 11.3 Å². The SMILES string of the molecule is COCCN(C)CCNC1CCN(Cc2ccccc2)CC1. The molecule has 0 spiro atoms. The Labute approximate surface area is 135 Å². The minimum absolute atomic E-state index is 0.683. The number of hydrogen-bond acceptors (Lipinski definition) is 4. The van der Waals surface area contributed by atoms with E-state index >= 15 is 0 Å². The van der Waals surface area contributed by atoms with Crippen molar-refractivity contribution >= 4 is 0 Å². The first-order valence-corrected chi connectivity index (χ1v) is 8.45. The van der Waals surface area contributed by atoms with Crippen LogP contribution in [0.3, 0.4) is 0 Å². The average Bonchev–Trinajstić information content (AvgIpc) is 2.55. The highest BCUT2D eigenvalue weighted by molar-refractivity contribution is 5.14. The molecule has 22 heavy (non-hydrogen) atoms. The molecule has 1 aromatic rings. The number of rotatable bonds is 9. The molecule has 0 aromatic heterocycles. The molecule has 1 aromatic carbocycles. The molecule has 124 valence electrons. The summed E-state index contributed by atoms with van der Waals surface area (Å²) in [7, 11) is 3.92.